The zero-order chi connectivity index (χ0) is 41.3. The number of carboxylic acid groups (broad SMARTS) is 2. The van der Waals surface area contributed by atoms with Crippen molar-refractivity contribution in [1.82, 2.24) is 9.80 Å². The van der Waals surface area contributed by atoms with E-state index in [9.17, 15) is 39.0 Å². The fraction of sp³-hybridized carbons (Fsp3) is 0.286. The summed E-state index contributed by atoms with van der Waals surface area (Å²) in [6.07, 6.45) is 0. The highest BCUT2D eigenvalue weighted by molar-refractivity contribution is 8.87. The number of carbonyl (C=O) groups excluding carboxylic acids is 4. The molecule has 302 valence electrons. The summed E-state index contributed by atoms with van der Waals surface area (Å²) in [4.78, 5) is 80.3. The molecule has 4 aromatic carbocycles. The summed E-state index contributed by atoms with van der Waals surface area (Å²) in [7, 11) is 1.57. The average Bonchev–Trinajstić information content (AvgIpc) is 3.85. The molecular weight excluding hydrogens is 821 g/mol. The van der Waals surface area contributed by atoms with Crippen molar-refractivity contribution in [3.8, 4) is 11.5 Å². The third-order valence-electron chi connectivity index (χ3n) is 9.50. The maximum Gasteiger partial charge on any atom is 0.343 e. The maximum atomic E-state index is 13.4. The number of esters is 2. The van der Waals surface area contributed by atoms with Crippen molar-refractivity contribution in [1.29, 1.82) is 0 Å². The molecule has 0 aliphatic carbocycles. The minimum Gasteiger partial charge on any atom is -0.480 e. The van der Waals surface area contributed by atoms with Crippen LogP contribution in [0.4, 0.5) is 0 Å². The van der Waals surface area contributed by atoms with Gasteiger partial charge >= 0.3 is 23.9 Å². The van der Waals surface area contributed by atoms with Gasteiger partial charge in [-0.15, -0.1) is 23.5 Å². The molecule has 0 amide bonds. The van der Waals surface area contributed by atoms with Crippen LogP contribution in [0.25, 0.3) is 0 Å². The highest BCUT2D eigenvalue weighted by atomic mass is 33.1. The van der Waals surface area contributed by atoms with Gasteiger partial charge in [0.05, 0.1) is 21.9 Å². The number of nitrogens with zero attached hydrogens (tertiary/aromatic N) is 2. The number of rotatable bonds is 14. The molecule has 2 N–H and O–H groups in total. The molecule has 0 spiro atoms. The molecule has 12 nitrogen and oxygen atoms in total. The van der Waals surface area contributed by atoms with Gasteiger partial charge in [0.15, 0.2) is 0 Å². The van der Waals surface area contributed by atoms with E-state index in [2.05, 4.69) is 0 Å². The molecule has 6 atom stereocenters. The number of aliphatic carboxylic acids is 2. The summed E-state index contributed by atoms with van der Waals surface area (Å²) in [5, 5.41) is 18.6. The van der Waals surface area contributed by atoms with E-state index in [0.29, 0.717) is 22.6 Å². The second-order valence-corrected chi connectivity index (χ2v) is 18.1. The Morgan fingerprint density at radius 1 is 0.603 bits per heavy atom. The highest BCUT2D eigenvalue weighted by Gasteiger charge is 2.42. The fourth-order valence-electron chi connectivity index (χ4n) is 6.49. The van der Waals surface area contributed by atoms with Gasteiger partial charge in [0.2, 0.25) is 10.2 Å². The van der Waals surface area contributed by atoms with Gasteiger partial charge in [-0.3, -0.25) is 29.0 Å². The Hall–Kier alpha value is -4.58. The largest absolute Gasteiger partial charge is 0.480 e. The van der Waals surface area contributed by atoms with E-state index in [1.165, 1.54) is 23.5 Å². The summed E-state index contributed by atoms with van der Waals surface area (Å²) >= 11 is 2.83. The van der Waals surface area contributed by atoms with Crippen LogP contribution in [0.2, 0.25) is 0 Å². The van der Waals surface area contributed by atoms with Crippen molar-refractivity contribution in [3.63, 3.8) is 0 Å². The molecule has 2 aliphatic heterocycles. The van der Waals surface area contributed by atoms with Crippen LogP contribution in [0, 0.1) is 11.8 Å². The topological polar surface area (TPSA) is 168 Å². The number of ether oxygens (including phenoxy) is 2. The molecule has 2 heterocycles. The quantitative estimate of drug-likeness (QED) is 0.0725. The van der Waals surface area contributed by atoms with Crippen molar-refractivity contribution in [2.75, 3.05) is 24.6 Å². The van der Waals surface area contributed by atoms with Crippen LogP contribution < -0.4 is 9.47 Å². The summed E-state index contributed by atoms with van der Waals surface area (Å²) in [6, 6.07) is 29.2. The van der Waals surface area contributed by atoms with Gasteiger partial charge < -0.3 is 19.7 Å². The number of carboxylic acids is 2. The molecule has 2 fully saturated rings. The molecule has 16 heteroatoms. The van der Waals surface area contributed by atoms with E-state index in [4.69, 9.17) is 9.47 Å². The molecule has 2 saturated heterocycles. The smallest absolute Gasteiger partial charge is 0.343 e. The SMILES string of the molecule is C[C@@H](CN1C(C(=O)O)CSC1c1cccc(OC(=O)c2ccccc2)c1)C(=O)SSC(=O)[C@@H](C)CN1C(C(=O)O)CSC1c1cccc(OC(=O)c2ccccc2)c1. The van der Waals surface area contributed by atoms with Gasteiger partial charge in [-0.05, 0) is 81.2 Å². The van der Waals surface area contributed by atoms with E-state index in [1.54, 1.807) is 121 Å². The predicted molar refractivity (Wildman–Crippen MR) is 226 cm³/mol. The first kappa shape index (κ1) is 43.0. The number of carbonyl (C=O) groups is 6. The number of hydrogen-bond acceptors (Lipinski definition) is 14. The van der Waals surface area contributed by atoms with Crippen LogP contribution in [0.3, 0.4) is 0 Å². The molecule has 0 bridgehead atoms. The standard InChI is InChI=1S/C42H40N2O10S4/c1-25(21-43-33(37(45)46)23-55-35(43)29-15-9-17-31(19-29)53-39(49)27-11-5-3-6-12-27)41(51)57-58-42(52)26(2)22-44-34(38(47)48)24-56-36(44)30-16-10-18-32(20-30)54-40(50)28-13-7-4-8-14-28/h3-20,25-26,33-36H,21-24H2,1-2H3,(H,45,46)(H,47,48)/t25-,26-,33?,34?,35?,36?/m0/s1. The Morgan fingerprint density at radius 2 is 0.983 bits per heavy atom. The van der Waals surface area contributed by atoms with Gasteiger partial charge in [0.25, 0.3) is 0 Å². The molecule has 6 rings (SSSR count). The first-order valence-electron chi connectivity index (χ1n) is 18.3. The van der Waals surface area contributed by atoms with E-state index in [-0.39, 0.29) is 34.8 Å². The third kappa shape index (κ3) is 10.7. The lowest BCUT2D eigenvalue weighted by molar-refractivity contribution is -0.143. The van der Waals surface area contributed by atoms with Gasteiger partial charge in [-0.2, -0.15) is 0 Å². The average molecular weight is 861 g/mol. The zero-order valence-corrected chi connectivity index (χ0v) is 34.6. The first-order valence-corrected chi connectivity index (χ1v) is 22.5. The maximum absolute atomic E-state index is 13.4. The Labute approximate surface area is 351 Å². The van der Waals surface area contributed by atoms with Crippen LogP contribution in [0.15, 0.2) is 109 Å². The Kier molecular flexibility index (Phi) is 14.8. The molecular formula is C42H40N2O10S4. The normalized spacial score (nSPS) is 20.5. The molecule has 0 aromatic heterocycles. The van der Waals surface area contributed by atoms with Crippen LogP contribution in [-0.4, -0.2) is 90.8 Å². The van der Waals surface area contributed by atoms with Crippen LogP contribution in [-0.2, 0) is 19.2 Å². The van der Waals surface area contributed by atoms with Crippen LogP contribution >= 0.6 is 45.1 Å². The van der Waals surface area contributed by atoms with Crippen molar-refractivity contribution >= 4 is 79.2 Å². The van der Waals surface area contributed by atoms with Crippen molar-refractivity contribution in [2.45, 2.75) is 36.7 Å². The van der Waals surface area contributed by atoms with E-state index in [1.807, 2.05) is 12.1 Å². The van der Waals surface area contributed by atoms with E-state index in [0.717, 1.165) is 32.7 Å². The van der Waals surface area contributed by atoms with Crippen LogP contribution in [0.1, 0.15) is 56.4 Å². The number of benzene rings is 4. The van der Waals surface area contributed by atoms with Gasteiger partial charge in [-0.1, -0.05) is 74.5 Å². The predicted octanol–water partition coefficient (Wildman–Crippen LogP) is 7.53. The zero-order valence-electron chi connectivity index (χ0n) is 31.4. The summed E-state index contributed by atoms with van der Waals surface area (Å²) in [6.45, 7) is 3.59. The monoisotopic (exact) mass is 860 g/mol. The molecule has 58 heavy (non-hydrogen) atoms. The second kappa shape index (κ2) is 19.9. The van der Waals surface area contributed by atoms with Gasteiger partial charge in [0, 0.05) is 36.4 Å². The lowest BCUT2D eigenvalue weighted by Gasteiger charge is -2.30. The molecule has 2 aliphatic rings. The van der Waals surface area contributed by atoms with E-state index < -0.39 is 58.5 Å². The van der Waals surface area contributed by atoms with Crippen LogP contribution in [0.5, 0.6) is 11.5 Å². The summed E-state index contributed by atoms with van der Waals surface area (Å²) in [5.41, 5.74) is 2.22. The fourth-order valence-corrected chi connectivity index (χ4v) is 11.5. The molecule has 4 unspecified atom stereocenters. The Bertz CT molecular complexity index is 1990. The minimum absolute atomic E-state index is 0.103. The van der Waals surface area contributed by atoms with Gasteiger partial charge in [-0.25, -0.2) is 9.59 Å². The summed E-state index contributed by atoms with van der Waals surface area (Å²) < 4.78 is 11.2. The summed E-state index contributed by atoms with van der Waals surface area (Å²) in [5.74, 6) is -3.22. The second-order valence-electron chi connectivity index (χ2n) is 13.7. The number of hydrogen-bond donors (Lipinski definition) is 2. The van der Waals surface area contributed by atoms with E-state index >= 15 is 0 Å². The van der Waals surface area contributed by atoms with Gasteiger partial charge in [0.1, 0.15) is 23.6 Å². The lowest BCUT2D eigenvalue weighted by atomic mass is 10.1. The third-order valence-corrected chi connectivity index (χ3v) is 14.7. The van der Waals surface area contributed by atoms with Crippen molar-refractivity contribution < 1.29 is 48.5 Å². The number of thioether (sulfide) groups is 2. The lowest BCUT2D eigenvalue weighted by Crippen LogP contribution is -2.42. The Balaban J connectivity index is 1.06. The molecule has 0 saturated carbocycles. The molecule has 4 aromatic rings. The van der Waals surface area contributed by atoms with Crippen molar-refractivity contribution in [3.05, 3.63) is 131 Å². The minimum atomic E-state index is -1.02. The molecule has 0 radical (unpaired) electrons. The first-order chi connectivity index (χ1) is 27.9. The highest BCUT2D eigenvalue weighted by Crippen LogP contribution is 2.45. The van der Waals surface area contributed by atoms with Crippen molar-refractivity contribution in [2.24, 2.45) is 11.8 Å². The Morgan fingerprint density at radius 3 is 1.34 bits per heavy atom.